The van der Waals surface area contributed by atoms with E-state index < -0.39 is 0 Å². The maximum absolute atomic E-state index is 9.38. The lowest BCUT2D eigenvalue weighted by Gasteiger charge is -2.55. The SMILES string of the molecule is CC(C)[C@H](CO)N1CC2(CCCCC2)C1. The molecule has 2 aliphatic rings. The van der Waals surface area contributed by atoms with Gasteiger partial charge in [0.25, 0.3) is 0 Å². The van der Waals surface area contributed by atoms with Gasteiger partial charge in [0.2, 0.25) is 0 Å². The van der Waals surface area contributed by atoms with Crippen molar-refractivity contribution in [3.8, 4) is 0 Å². The maximum Gasteiger partial charge on any atom is 0.0589 e. The summed E-state index contributed by atoms with van der Waals surface area (Å²) in [5.41, 5.74) is 0.653. The fourth-order valence-corrected chi connectivity index (χ4v) is 3.42. The molecule has 15 heavy (non-hydrogen) atoms. The molecule has 1 N–H and O–H groups in total. The Hall–Kier alpha value is -0.0800. The predicted molar refractivity (Wildman–Crippen MR) is 62.8 cm³/mol. The molecule has 1 spiro atoms. The summed E-state index contributed by atoms with van der Waals surface area (Å²) in [6, 6.07) is 0.401. The zero-order chi connectivity index (χ0) is 10.9. The molecule has 1 saturated heterocycles. The van der Waals surface area contributed by atoms with E-state index in [1.54, 1.807) is 0 Å². The lowest BCUT2D eigenvalue weighted by Crippen LogP contribution is -2.62. The van der Waals surface area contributed by atoms with Gasteiger partial charge in [-0.2, -0.15) is 0 Å². The van der Waals surface area contributed by atoms with Crippen molar-refractivity contribution in [3.63, 3.8) is 0 Å². The molecule has 1 aliphatic carbocycles. The molecular weight excluding hydrogens is 186 g/mol. The maximum atomic E-state index is 9.38. The van der Waals surface area contributed by atoms with E-state index in [1.165, 1.54) is 45.2 Å². The molecule has 2 rings (SSSR count). The Labute approximate surface area is 93.7 Å². The van der Waals surface area contributed by atoms with Crippen molar-refractivity contribution < 1.29 is 5.11 Å². The van der Waals surface area contributed by atoms with E-state index in [1.807, 2.05) is 0 Å². The largest absolute Gasteiger partial charge is 0.395 e. The third-order valence-corrected chi connectivity index (χ3v) is 4.42. The summed E-state index contributed by atoms with van der Waals surface area (Å²) in [5.74, 6) is 0.580. The van der Waals surface area contributed by atoms with Gasteiger partial charge >= 0.3 is 0 Å². The van der Waals surface area contributed by atoms with Crippen LogP contribution in [-0.2, 0) is 0 Å². The van der Waals surface area contributed by atoms with Crippen molar-refractivity contribution in [1.29, 1.82) is 0 Å². The Kier molecular flexibility index (Phi) is 3.36. The summed E-state index contributed by atoms with van der Waals surface area (Å²) < 4.78 is 0. The van der Waals surface area contributed by atoms with E-state index in [9.17, 15) is 5.11 Å². The van der Waals surface area contributed by atoms with Gasteiger partial charge in [0.15, 0.2) is 0 Å². The number of aliphatic hydroxyl groups is 1. The first-order chi connectivity index (χ1) is 7.17. The van der Waals surface area contributed by atoms with E-state index in [0.717, 1.165) is 0 Å². The molecule has 2 fully saturated rings. The van der Waals surface area contributed by atoms with Crippen LogP contribution in [0.4, 0.5) is 0 Å². The van der Waals surface area contributed by atoms with Crippen LogP contribution in [0.15, 0.2) is 0 Å². The van der Waals surface area contributed by atoms with Crippen molar-refractivity contribution in [2.45, 2.75) is 52.0 Å². The lowest BCUT2D eigenvalue weighted by molar-refractivity contribution is -0.0777. The third kappa shape index (κ3) is 2.21. The fraction of sp³-hybridized carbons (Fsp3) is 1.00. The molecule has 2 nitrogen and oxygen atoms in total. The molecule has 0 aromatic carbocycles. The van der Waals surface area contributed by atoms with Crippen molar-refractivity contribution in [1.82, 2.24) is 4.90 Å². The number of aliphatic hydroxyl groups excluding tert-OH is 1. The van der Waals surface area contributed by atoms with Crippen LogP contribution in [0.3, 0.4) is 0 Å². The molecule has 1 heterocycles. The number of nitrogens with zero attached hydrogens (tertiary/aromatic N) is 1. The van der Waals surface area contributed by atoms with Gasteiger partial charge in [-0.3, -0.25) is 4.90 Å². The van der Waals surface area contributed by atoms with Crippen LogP contribution in [0.1, 0.15) is 46.0 Å². The van der Waals surface area contributed by atoms with Gasteiger partial charge in [-0.05, 0) is 24.2 Å². The smallest absolute Gasteiger partial charge is 0.0589 e. The first kappa shape index (κ1) is 11.4. The highest BCUT2D eigenvalue weighted by molar-refractivity contribution is 4.99. The average Bonchev–Trinajstić information content (AvgIpc) is 2.17. The van der Waals surface area contributed by atoms with Gasteiger partial charge in [-0.1, -0.05) is 33.1 Å². The monoisotopic (exact) mass is 211 g/mol. The van der Waals surface area contributed by atoms with Crippen LogP contribution in [0.5, 0.6) is 0 Å². The standard InChI is InChI=1S/C13H25NO/c1-11(2)12(8-15)14-9-13(10-14)6-4-3-5-7-13/h11-12,15H,3-10H2,1-2H3/t12-/m0/s1. The molecule has 0 amide bonds. The Bertz CT molecular complexity index is 201. The molecule has 1 saturated carbocycles. The lowest BCUT2D eigenvalue weighted by atomic mass is 9.68. The Morgan fingerprint density at radius 1 is 1.13 bits per heavy atom. The van der Waals surface area contributed by atoms with Gasteiger partial charge in [0, 0.05) is 19.1 Å². The van der Waals surface area contributed by atoms with Gasteiger partial charge < -0.3 is 5.11 Å². The summed E-state index contributed by atoms with van der Waals surface area (Å²) in [5, 5.41) is 9.38. The molecular formula is C13H25NO. The molecule has 88 valence electrons. The molecule has 1 atom stereocenters. The summed E-state index contributed by atoms with van der Waals surface area (Å²) in [6.07, 6.45) is 7.16. The van der Waals surface area contributed by atoms with E-state index in [0.29, 0.717) is 24.0 Å². The van der Waals surface area contributed by atoms with Crippen LogP contribution < -0.4 is 0 Å². The summed E-state index contributed by atoms with van der Waals surface area (Å²) in [4.78, 5) is 2.50. The normalized spacial score (nSPS) is 28.0. The van der Waals surface area contributed by atoms with Gasteiger partial charge in [-0.25, -0.2) is 0 Å². The van der Waals surface area contributed by atoms with Gasteiger partial charge in [-0.15, -0.1) is 0 Å². The molecule has 0 bridgehead atoms. The summed E-state index contributed by atoms with van der Waals surface area (Å²) in [7, 11) is 0. The average molecular weight is 211 g/mol. The molecule has 0 unspecified atom stereocenters. The minimum atomic E-state index is 0.327. The number of rotatable bonds is 3. The fourth-order valence-electron chi connectivity index (χ4n) is 3.42. The molecule has 2 heteroatoms. The van der Waals surface area contributed by atoms with Crippen molar-refractivity contribution in [2.75, 3.05) is 19.7 Å². The number of hydrogen-bond donors (Lipinski definition) is 1. The third-order valence-electron chi connectivity index (χ3n) is 4.42. The second-order valence-corrected chi connectivity index (χ2v) is 5.96. The first-order valence-electron chi connectivity index (χ1n) is 6.52. The summed E-state index contributed by atoms with van der Waals surface area (Å²) in [6.45, 7) is 7.25. The van der Waals surface area contributed by atoms with Gasteiger partial charge in [0.1, 0.15) is 0 Å². The van der Waals surface area contributed by atoms with Crippen molar-refractivity contribution in [3.05, 3.63) is 0 Å². The zero-order valence-electron chi connectivity index (χ0n) is 10.2. The molecule has 0 aromatic rings. The molecule has 0 aromatic heterocycles. The topological polar surface area (TPSA) is 23.5 Å². The minimum Gasteiger partial charge on any atom is -0.395 e. The quantitative estimate of drug-likeness (QED) is 0.774. The predicted octanol–water partition coefficient (Wildman–Crippen LogP) is 2.27. The Morgan fingerprint density at radius 3 is 2.20 bits per heavy atom. The number of likely N-dealkylation sites (tertiary alicyclic amines) is 1. The van der Waals surface area contributed by atoms with Crippen LogP contribution >= 0.6 is 0 Å². The first-order valence-corrected chi connectivity index (χ1v) is 6.52. The molecule has 0 radical (unpaired) electrons. The second-order valence-electron chi connectivity index (χ2n) is 5.96. The van der Waals surface area contributed by atoms with E-state index >= 15 is 0 Å². The van der Waals surface area contributed by atoms with Crippen LogP contribution in [-0.4, -0.2) is 35.7 Å². The van der Waals surface area contributed by atoms with Crippen molar-refractivity contribution >= 4 is 0 Å². The Morgan fingerprint density at radius 2 is 1.73 bits per heavy atom. The van der Waals surface area contributed by atoms with Gasteiger partial charge in [0.05, 0.1) is 6.61 Å². The van der Waals surface area contributed by atoms with E-state index in [4.69, 9.17) is 0 Å². The minimum absolute atomic E-state index is 0.327. The zero-order valence-corrected chi connectivity index (χ0v) is 10.2. The van der Waals surface area contributed by atoms with Crippen LogP contribution in [0.25, 0.3) is 0 Å². The second kappa shape index (κ2) is 4.42. The van der Waals surface area contributed by atoms with Crippen LogP contribution in [0, 0.1) is 11.3 Å². The highest BCUT2D eigenvalue weighted by atomic mass is 16.3. The summed E-state index contributed by atoms with van der Waals surface area (Å²) >= 11 is 0. The molecule has 1 aliphatic heterocycles. The highest BCUT2D eigenvalue weighted by Crippen LogP contribution is 2.44. The Balaban J connectivity index is 1.85. The number of hydrogen-bond acceptors (Lipinski definition) is 2. The van der Waals surface area contributed by atoms with E-state index in [-0.39, 0.29) is 0 Å². The van der Waals surface area contributed by atoms with Crippen molar-refractivity contribution in [2.24, 2.45) is 11.3 Å². The highest BCUT2D eigenvalue weighted by Gasteiger charge is 2.45. The van der Waals surface area contributed by atoms with Crippen LogP contribution in [0.2, 0.25) is 0 Å². The van der Waals surface area contributed by atoms with E-state index in [2.05, 4.69) is 18.7 Å².